The lowest BCUT2D eigenvalue weighted by molar-refractivity contribution is 0.633. The van der Waals surface area contributed by atoms with E-state index in [-0.39, 0.29) is 17.0 Å². The zero-order valence-electron chi connectivity index (χ0n) is 15.0. The van der Waals surface area contributed by atoms with Crippen LogP contribution in [-0.4, -0.2) is 6.16 Å². The van der Waals surface area contributed by atoms with E-state index in [0.29, 0.717) is 5.92 Å². The molecule has 2 heteroatoms. The van der Waals surface area contributed by atoms with Gasteiger partial charge in [-0.05, 0) is 42.3 Å². The first-order valence-corrected chi connectivity index (χ1v) is 10.8. The van der Waals surface area contributed by atoms with Crippen molar-refractivity contribution in [3.05, 3.63) is 91.0 Å². The molecule has 130 valence electrons. The fraction of sp³-hybridized carbons (Fsp3) is 0.217. The minimum atomic E-state index is -1.63. The molecule has 0 aliphatic heterocycles. The van der Waals surface area contributed by atoms with Crippen LogP contribution in [0.3, 0.4) is 0 Å². The van der Waals surface area contributed by atoms with Gasteiger partial charge in [-0.15, -0.1) is 17.0 Å². The molecule has 0 N–H and O–H groups in total. The van der Waals surface area contributed by atoms with E-state index >= 15 is 0 Å². The number of hydrogen-bond acceptors (Lipinski definition) is 0. The van der Waals surface area contributed by atoms with Crippen LogP contribution in [0.2, 0.25) is 0 Å². The summed E-state index contributed by atoms with van der Waals surface area (Å²) >= 11 is 0. The van der Waals surface area contributed by atoms with Crippen molar-refractivity contribution in [3.8, 4) is 0 Å². The van der Waals surface area contributed by atoms with Gasteiger partial charge >= 0.3 is 0 Å². The van der Waals surface area contributed by atoms with E-state index in [1.807, 2.05) is 0 Å². The Balaban J connectivity index is 0.00000225. The quantitative estimate of drug-likeness (QED) is 0.461. The van der Waals surface area contributed by atoms with E-state index in [1.165, 1.54) is 28.5 Å². The number of benzene rings is 3. The van der Waals surface area contributed by atoms with Crippen LogP contribution in [0.4, 0.5) is 0 Å². The maximum Gasteiger partial charge on any atom is 0.112 e. The Morgan fingerprint density at radius 2 is 0.960 bits per heavy atom. The minimum absolute atomic E-state index is 0. The average Bonchev–Trinajstić information content (AvgIpc) is 2.68. The lowest BCUT2D eigenvalue weighted by Crippen LogP contribution is -2.35. The van der Waals surface area contributed by atoms with Gasteiger partial charge in [0.05, 0.1) is 6.16 Å². The van der Waals surface area contributed by atoms with Crippen molar-refractivity contribution in [1.82, 2.24) is 0 Å². The molecule has 3 aromatic carbocycles. The number of halogens is 1. The first-order chi connectivity index (χ1) is 11.8. The van der Waals surface area contributed by atoms with Gasteiger partial charge in [0, 0.05) is 0 Å². The average molecular weight is 414 g/mol. The molecule has 0 aliphatic carbocycles. The molecule has 1 atom stereocenters. The smallest absolute Gasteiger partial charge is 0.112 e. The summed E-state index contributed by atoms with van der Waals surface area (Å²) in [6.45, 7) is 4.70. The third-order valence-electron chi connectivity index (χ3n) is 4.87. The van der Waals surface area contributed by atoms with Gasteiger partial charge in [0.25, 0.3) is 0 Å². The highest BCUT2D eigenvalue weighted by Gasteiger charge is 2.45. The van der Waals surface area contributed by atoms with Crippen LogP contribution in [0.1, 0.15) is 20.3 Å². The summed E-state index contributed by atoms with van der Waals surface area (Å²) in [5.41, 5.74) is 0. The van der Waals surface area contributed by atoms with Crippen LogP contribution < -0.4 is 15.9 Å². The molecular weight excluding hydrogens is 387 g/mol. The molecule has 0 radical (unpaired) electrons. The predicted octanol–water partition coefficient (Wildman–Crippen LogP) is 5.60. The van der Waals surface area contributed by atoms with Crippen molar-refractivity contribution in [2.24, 2.45) is 5.92 Å². The summed E-state index contributed by atoms with van der Waals surface area (Å²) in [4.78, 5) is 0. The van der Waals surface area contributed by atoms with Crippen molar-refractivity contribution in [1.29, 1.82) is 0 Å². The van der Waals surface area contributed by atoms with E-state index in [4.69, 9.17) is 0 Å². The third-order valence-corrected chi connectivity index (χ3v) is 9.58. The lowest BCUT2D eigenvalue weighted by Gasteiger charge is -2.29. The number of rotatable bonds is 6. The van der Waals surface area contributed by atoms with Crippen molar-refractivity contribution in [3.63, 3.8) is 0 Å². The zero-order chi connectivity index (χ0) is 16.8. The largest absolute Gasteiger partial charge is 0.114 e. The fourth-order valence-corrected chi connectivity index (χ4v) is 8.17. The predicted molar refractivity (Wildman–Crippen MR) is 120 cm³/mol. The molecule has 0 saturated heterocycles. The third kappa shape index (κ3) is 4.22. The summed E-state index contributed by atoms with van der Waals surface area (Å²) in [7, 11) is -1.63. The summed E-state index contributed by atoms with van der Waals surface area (Å²) in [6.07, 6.45) is 2.44. The molecule has 0 aliphatic rings. The molecule has 0 amide bonds. The lowest BCUT2D eigenvalue weighted by atomic mass is 10.2. The molecule has 0 spiro atoms. The van der Waals surface area contributed by atoms with Gasteiger partial charge < -0.3 is 0 Å². The highest BCUT2D eigenvalue weighted by atomic mass is 79.9. The minimum Gasteiger partial charge on any atom is -0.114 e. The molecule has 0 saturated carbocycles. The van der Waals surface area contributed by atoms with Crippen LogP contribution >= 0.6 is 24.2 Å². The zero-order valence-corrected chi connectivity index (χ0v) is 17.6. The number of hydrogen-bond donors (Lipinski definition) is 0. The van der Waals surface area contributed by atoms with Gasteiger partial charge in [-0.2, -0.15) is 0 Å². The van der Waals surface area contributed by atoms with Crippen molar-refractivity contribution in [2.45, 2.75) is 20.3 Å². The van der Waals surface area contributed by atoms with E-state index < -0.39 is 7.26 Å². The van der Waals surface area contributed by atoms with Gasteiger partial charge in [0.2, 0.25) is 0 Å². The van der Waals surface area contributed by atoms with Gasteiger partial charge in [-0.1, -0.05) is 74.9 Å². The summed E-state index contributed by atoms with van der Waals surface area (Å²) in [5, 5.41) is 4.47. The molecular formula is C23H27BrP+. The first-order valence-electron chi connectivity index (χ1n) is 8.82. The molecule has 0 aromatic heterocycles. The standard InChI is InChI=1S/C23H26P.BrH/c1-3-20(2)19-24(21-13-7-4-8-14-21,22-15-9-5-10-16-22)23-17-11-6-12-18-23;/h4-18,20H,3,19H2,1-2H3;1H/q+1;. The Bertz CT molecular complexity index is 644. The Morgan fingerprint density at radius 3 is 1.24 bits per heavy atom. The molecule has 25 heavy (non-hydrogen) atoms. The maximum absolute atomic E-state index is 2.39. The molecule has 3 aromatic rings. The van der Waals surface area contributed by atoms with Crippen molar-refractivity contribution in [2.75, 3.05) is 6.16 Å². The van der Waals surface area contributed by atoms with Crippen LogP contribution in [0.15, 0.2) is 91.0 Å². The fourth-order valence-electron chi connectivity index (χ4n) is 3.41. The molecule has 0 bridgehead atoms. The van der Waals surface area contributed by atoms with Crippen molar-refractivity contribution < 1.29 is 0 Å². The second-order valence-electron chi connectivity index (χ2n) is 6.51. The van der Waals surface area contributed by atoms with Gasteiger partial charge in [0.1, 0.15) is 23.2 Å². The summed E-state index contributed by atoms with van der Waals surface area (Å²) in [6, 6.07) is 33.5. The molecule has 0 heterocycles. The molecule has 1 unspecified atom stereocenters. The van der Waals surface area contributed by atoms with Crippen LogP contribution in [0.5, 0.6) is 0 Å². The first kappa shape index (κ1) is 19.9. The Kier molecular flexibility index (Phi) is 7.41. The normalized spacial score (nSPS) is 12.2. The molecule has 0 fully saturated rings. The van der Waals surface area contributed by atoms with Gasteiger partial charge in [-0.3, -0.25) is 0 Å². The van der Waals surface area contributed by atoms with Crippen LogP contribution in [0.25, 0.3) is 0 Å². The van der Waals surface area contributed by atoms with E-state index in [2.05, 4.69) is 105 Å². The second-order valence-corrected chi connectivity index (χ2v) is 10.0. The molecule has 0 nitrogen and oxygen atoms in total. The Labute approximate surface area is 163 Å². The van der Waals surface area contributed by atoms with E-state index in [0.717, 1.165) is 0 Å². The topological polar surface area (TPSA) is 0 Å². The highest BCUT2D eigenvalue weighted by Crippen LogP contribution is 2.56. The Morgan fingerprint density at radius 1 is 0.640 bits per heavy atom. The van der Waals surface area contributed by atoms with Gasteiger partial charge in [0.15, 0.2) is 0 Å². The maximum atomic E-state index is 2.39. The SMILES string of the molecule is Br.CCC(C)C[P+](c1ccccc1)(c1ccccc1)c1ccccc1. The highest BCUT2D eigenvalue weighted by molar-refractivity contribution is 8.93. The summed E-state index contributed by atoms with van der Waals surface area (Å²) in [5.74, 6) is 0.693. The monoisotopic (exact) mass is 413 g/mol. The summed E-state index contributed by atoms with van der Waals surface area (Å²) < 4.78 is 0. The molecule has 3 rings (SSSR count). The van der Waals surface area contributed by atoms with Gasteiger partial charge in [-0.25, -0.2) is 0 Å². The second kappa shape index (κ2) is 9.32. The van der Waals surface area contributed by atoms with Crippen molar-refractivity contribution >= 4 is 40.2 Å². The van der Waals surface area contributed by atoms with E-state index in [9.17, 15) is 0 Å². The van der Waals surface area contributed by atoms with E-state index in [1.54, 1.807) is 0 Å². The Hall–Kier alpha value is -1.43. The van der Waals surface area contributed by atoms with Crippen LogP contribution in [-0.2, 0) is 0 Å². The van der Waals surface area contributed by atoms with Crippen LogP contribution in [0, 0.1) is 5.92 Å².